The van der Waals surface area contributed by atoms with Crippen LogP contribution in [0.15, 0.2) is 42.5 Å². The van der Waals surface area contributed by atoms with Crippen LogP contribution < -0.4 is 10.2 Å². The van der Waals surface area contributed by atoms with Crippen LogP contribution in [0.1, 0.15) is 34.1 Å². The van der Waals surface area contributed by atoms with Crippen molar-refractivity contribution in [2.24, 2.45) is 0 Å². The fraction of sp³-hybridized carbons (Fsp3) is 0.348. The zero-order chi connectivity index (χ0) is 26.2. The first-order valence-corrected chi connectivity index (χ1v) is 11.0. The SMILES string of the molecule is CCCN1CCN(c2ccc(NC(=O)c3ccc(Cl)cc3)cc2C(=O)O)CC1.O=C(O)C(F)(F)F. The molecule has 1 aliphatic heterocycles. The number of hydrogen-bond acceptors (Lipinski definition) is 5. The van der Waals surface area contributed by atoms with Gasteiger partial charge in [0.2, 0.25) is 0 Å². The normalized spacial score (nSPS) is 14.0. The summed E-state index contributed by atoms with van der Waals surface area (Å²) in [5.74, 6) is -4.07. The van der Waals surface area contributed by atoms with Gasteiger partial charge in [-0.1, -0.05) is 18.5 Å². The van der Waals surface area contributed by atoms with E-state index in [1.807, 2.05) is 0 Å². The summed E-state index contributed by atoms with van der Waals surface area (Å²) in [7, 11) is 0. The minimum atomic E-state index is -5.08. The number of halogens is 4. The lowest BCUT2D eigenvalue weighted by atomic mass is 10.1. The van der Waals surface area contributed by atoms with Crippen molar-refractivity contribution in [2.75, 3.05) is 42.9 Å². The standard InChI is InChI=1S/C21H24ClN3O3.C2HF3O2/c1-2-9-24-10-12-25(13-11-24)19-8-7-17(14-18(19)21(27)28)23-20(26)15-3-5-16(22)6-4-15;3-2(4,5)1(6)7/h3-8,14H,2,9-13H2,1H3,(H,23,26)(H,27,28);(H,6,7). The van der Waals surface area contributed by atoms with E-state index < -0.39 is 18.1 Å². The van der Waals surface area contributed by atoms with Gasteiger partial charge in [-0.05, 0) is 55.4 Å². The number of carbonyl (C=O) groups is 3. The minimum Gasteiger partial charge on any atom is -0.478 e. The fourth-order valence-electron chi connectivity index (χ4n) is 3.39. The molecule has 12 heteroatoms. The number of hydrogen-bond donors (Lipinski definition) is 3. The minimum absolute atomic E-state index is 0.192. The number of carbonyl (C=O) groups excluding carboxylic acids is 1. The van der Waals surface area contributed by atoms with Crippen molar-refractivity contribution >= 4 is 40.8 Å². The molecule has 1 heterocycles. The number of carboxylic acids is 2. The van der Waals surface area contributed by atoms with E-state index in [4.69, 9.17) is 21.5 Å². The molecular formula is C23H25ClF3N3O5. The molecule has 35 heavy (non-hydrogen) atoms. The molecular weight excluding hydrogens is 491 g/mol. The molecule has 3 rings (SSSR count). The van der Waals surface area contributed by atoms with E-state index in [9.17, 15) is 27.9 Å². The van der Waals surface area contributed by atoms with Gasteiger partial charge < -0.3 is 20.4 Å². The third-order valence-corrected chi connectivity index (χ3v) is 5.34. The number of piperazine rings is 1. The van der Waals surface area contributed by atoms with Crippen LogP contribution in [0.4, 0.5) is 24.5 Å². The van der Waals surface area contributed by atoms with E-state index in [1.54, 1.807) is 36.4 Å². The number of nitrogens with zero attached hydrogens (tertiary/aromatic N) is 2. The smallest absolute Gasteiger partial charge is 0.478 e. The Morgan fingerprint density at radius 3 is 2.06 bits per heavy atom. The maximum atomic E-state index is 12.4. The van der Waals surface area contributed by atoms with Crippen LogP contribution in [0.2, 0.25) is 5.02 Å². The van der Waals surface area contributed by atoms with Crippen LogP contribution in [0.3, 0.4) is 0 Å². The number of nitrogens with one attached hydrogen (secondary N) is 1. The third-order valence-electron chi connectivity index (χ3n) is 5.09. The quantitative estimate of drug-likeness (QED) is 0.521. The van der Waals surface area contributed by atoms with Gasteiger partial charge in [0.25, 0.3) is 5.91 Å². The Bertz CT molecular complexity index is 1040. The number of benzene rings is 2. The predicted octanol–water partition coefficient (Wildman–Crippen LogP) is 4.46. The molecule has 1 fully saturated rings. The Kier molecular flexibility index (Phi) is 9.90. The molecule has 0 radical (unpaired) electrons. The number of carboxylic acid groups (broad SMARTS) is 2. The maximum Gasteiger partial charge on any atom is 0.490 e. The van der Waals surface area contributed by atoms with Gasteiger partial charge in [0.05, 0.1) is 11.3 Å². The number of anilines is 2. The molecule has 0 atom stereocenters. The second-order valence-electron chi connectivity index (χ2n) is 7.63. The van der Waals surface area contributed by atoms with Crippen molar-refractivity contribution in [2.45, 2.75) is 19.5 Å². The highest BCUT2D eigenvalue weighted by Gasteiger charge is 2.38. The Morgan fingerprint density at radius 2 is 1.57 bits per heavy atom. The molecule has 190 valence electrons. The highest BCUT2D eigenvalue weighted by molar-refractivity contribution is 6.30. The van der Waals surface area contributed by atoms with Gasteiger partial charge in [-0.25, -0.2) is 9.59 Å². The van der Waals surface area contributed by atoms with Gasteiger partial charge >= 0.3 is 18.1 Å². The molecule has 3 N–H and O–H groups in total. The number of amides is 1. The summed E-state index contributed by atoms with van der Waals surface area (Å²) in [5, 5.41) is 20.1. The van der Waals surface area contributed by atoms with Gasteiger partial charge in [0, 0.05) is 42.5 Å². The van der Waals surface area contributed by atoms with E-state index in [0.717, 1.165) is 39.1 Å². The second-order valence-corrected chi connectivity index (χ2v) is 8.07. The molecule has 0 spiro atoms. The van der Waals surface area contributed by atoms with E-state index in [2.05, 4.69) is 22.0 Å². The van der Waals surface area contributed by atoms with E-state index in [-0.39, 0.29) is 11.5 Å². The third kappa shape index (κ3) is 8.45. The van der Waals surface area contributed by atoms with Crippen molar-refractivity contribution < 1.29 is 37.8 Å². The lowest BCUT2D eigenvalue weighted by Gasteiger charge is -2.36. The average molecular weight is 516 g/mol. The van der Waals surface area contributed by atoms with Crippen LogP contribution >= 0.6 is 11.6 Å². The van der Waals surface area contributed by atoms with Gasteiger partial charge in [0.15, 0.2) is 0 Å². The highest BCUT2D eigenvalue weighted by atomic mass is 35.5. The van der Waals surface area contributed by atoms with Crippen LogP contribution in [0.25, 0.3) is 0 Å². The summed E-state index contributed by atoms with van der Waals surface area (Å²) in [6, 6.07) is 11.6. The molecule has 2 aromatic carbocycles. The first-order chi connectivity index (χ1) is 16.4. The Morgan fingerprint density at radius 1 is 1.00 bits per heavy atom. The summed E-state index contributed by atoms with van der Waals surface area (Å²) in [4.78, 5) is 37.6. The number of rotatable bonds is 6. The number of alkyl halides is 3. The molecule has 1 amide bonds. The van der Waals surface area contributed by atoms with Gasteiger partial charge in [-0.3, -0.25) is 9.69 Å². The topological polar surface area (TPSA) is 110 Å². The predicted molar refractivity (Wildman–Crippen MR) is 125 cm³/mol. The van der Waals surface area contributed by atoms with Crippen molar-refractivity contribution in [3.63, 3.8) is 0 Å². The molecule has 8 nitrogen and oxygen atoms in total. The summed E-state index contributed by atoms with van der Waals surface area (Å²) < 4.78 is 31.7. The molecule has 0 aliphatic carbocycles. The van der Waals surface area contributed by atoms with Crippen molar-refractivity contribution in [1.82, 2.24) is 4.90 Å². The Labute approximate surface area is 204 Å². The van der Waals surface area contributed by atoms with Crippen LogP contribution in [0.5, 0.6) is 0 Å². The summed E-state index contributed by atoms with van der Waals surface area (Å²) in [5.41, 5.74) is 1.79. The zero-order valence-corrected chi connectivity index (χ0v) is 19.6. The first-order valence-electron chi connectivity index (χ1n) is 10.6. The van der Waals surface area contributed by atoms with Crippen molar-refractivity contribution in [3.8, 4) is 0 Å². The largest absolute Gasteiger partial charge is 0.490 e. The number of aliphatic carboxylic acids is 1. The van der Waals surface area contributed by atoms with Gasteiger partial charge in [0.1, 0.15) is 0 Å². The van der Waals surface area contributed by atoms with Crippen molar-refractivity contribution in [3.05, 3.63) is 58.6 Å². The molecule has 2 aromatic rings. The van der Waals surface area contributed by atoms with E-state index in [1.165, 1.54) is 6.07 Å². The fourth-order valence-corrected chi connectivity index (χ4v) is 3.52. The Balaban J connectivity index is 0.000000540. The zero-order valence-electron chi connectivity index (χ0n) is 18.8. The van der Waals surface area contributed by atoms with Crippen LogP contribution in [-0.2, 0) is 4.79 Å². The number of aromatic carboxylic acids is 1. The van der Waals surface area contributed by atoms with E-state index in [0.29, 0.717) is 22.0 Å². The lowest BCUT2D eigenvalue weighted by molar-refractivity contribution is -0.192. The van der Waals surface area contributed by atoms with Gasteiger partial charge in [-0.15, -0.1) is 0 Å². The molecule has 0 bridgehead atoms. The second kappa shape index (κ2) is 12.4. The molecule has 0 aromatic heterocycles. The Hall–Kier alpha value is -3.31. The first kappa shape index (κ1) is 27.9. The highest BCUT2D eigenvalue weighted by Crippen LogP contribution is 2.26. The molecule has 0 unspecified atom stereocenters. The van der Waals surface area contributed by atoms with Gasteiger partial charge in [-0.2, -0.15) is 13.2 Å². The van der Waals surface area contributed by atoms with E-state index >= 15 is 0 Å². The average Bonchev–Trinajstić information content (AvgIpc) is 2.80. The maximum absolute atomic E-state index is 12.4. The lowest BCUT2D eigenvalue weighted by Crippen LogP contribution is -2.47. The summed E-state index contributed by atoms with van der Waals surface area (Å²) in [6.07, 6.45) is -3.97. The van der Waals surface area contributed by atoms with Crippen LogP contribution in [-0.4, -0.2) is 71.9 Å². The molecule has 0 saturated carbocycles. The summed E-state index contributed by atoms with van der Waals surface area (Å²) >= 11 is 5.85. The molecule has 1 aliphatic rings. The molecule has 1 saturated heterocycles. The van der Waals surface area contributed by atoms with Crippen LogP contribution in [0, 0.1) is 0 Å². The monoisotopic (exact) mass is 515 g/mol. The summed E-state index contributed by atoms with van der Waals surface area (Å²) in [6.45, 7) is 6.64. The van der Waals surface area contributed by atoms with Crippen molar-refractivity contribution in [1.29, 1.82) is 0 Å².